The molecule has 0 saturated heterocycles. The van der Waals surface area contributed by atoms with Crippen LogP contribution in [0.5, 0.6) is 11.5 Å². The number of esters is 2. The second-order valence-electron chi connectivity index (χ2n) is 23.8. The van der Waals surface area contributed by atoms with Crippen molar-refractivity contribution in [3.63, 3.8) is 0 Å². The highest BCUT2D eigenvalue weighted by atomic mass is 32.2. The summed E-state index contributed by atoms with van der Waals surface area (Å²) in [5, 5.41) is 21.2. The van der Waals surface area contributed by atoms with Crippen molar-refractivity contribution in [3.05, 3.63) is 47.5 Å². The van der Waals surface area contributed by atoms with Gasteiger partial charge in [-0.2, -0.15) is 0 Å². The molecule has 0 radical (unpaired) electrons. The van der Waals surface area contributed by atoms with Crippen molar-refractivity contribution in [1.29, 1.82) is 0 Å². The van der Waals surface area contributed by atoms with Crippen LogP contribution >= 0.6 is 0 Å². The summed E-state index contributed by atoms with van der Waals surface area (Å²) in [7, 11) is -4.55. The predicted octanol–water partition coefficient (Wildman–Crippen LogP) is 22.6. The minimum Gasteiger partial charge on any atom is -0.507 e. The Morgan fingerprint density at radius 3 is 0.671 bits per heavy atom. The first-order valence-electron chi connectivity index (χ1n) is 34.0. The van der Waals surface area contributed by atoms with Crippen LogP contribution in [0.3, 0.4) is 0 Å². The van der Waals surface area contributed by atoms with E-state index in [4.69, 9.17) is 9.47 Å². The van der Waals surface area contributed by atoms with Crippen LogP contribution in [-0.4, -0.2) is 43.8 Å². The number of phenolic OH excluding ortho intramolecular Hbond substituents is 2. The summed E-state index contributed by atoms with van der Waals surface area (Å²) in [6, 6.07) is 7.00. The van der Waals surface area contributed by atoms with Crippen molar-refractivity contribution in [2.45, 2.75) is 358 Å². The molecule has 0 fully saturated rings. The van der Waals surface area contributed by atoms with E-state index >= 15 is 0 Å². The molecule has 0 unspecified atom stereocenters. The van der Waals surface area contributed by atoms with Gasteiger partial charge in [-0.1, -0.05) is 335 Å². The highest BCUT2D eigenvalue weighted by molar-refractivity contribution is 7.91. The quantitative estimate of drug-likeness (QED) is 0.0495. The number of unbranched alkanes of at least 4 members (excludes halogenated alkanes) is 50. The Morgan fingerprint density at radius 1 is 0.304 bits per heavy atom. The fraction of sp³-hybridized carbons (Fsp3) is 0.800. The minimum atomic E-state index is -4.55. The van der Waals surface area contributed by atoms with Gasteiger partial charge < -0.3 is 19.7 Å². The average Bonchev–Trinajstić information content (AvgIpc) is 3.44. The number of carbonyl (C=O) groups excluding carboxylic acids is 2. The third kappa shape index (κ3) is 39.1. The van der Waals surface area contributed by atoms with Gasteiger partial charge in [0, 0.05) is 0 Å². The van der Waals surface area contributed by atoms with Gasteiger partial charge in [0.1, 0.15) is 21.3 Å². The number of aromatic hydroxyl groups is 2. The molecule has 2 rings (SSSR count). The number of hydrogen-bond donors (Lipinski definition) is 2. The van der Waals surface area contributed by atoms with Crippen LogP contribution in [0.1, 0.15) is 368 Å². The number of rotatable bonds is 58. The lowest BCUT2D eigenvalue weighted by atomic mass is 10.0. The Bertz CT molecular complexity index is 1720. The normalized spacial score (nSPS) is 11.7. The van der Waals surface area contributed by atoms with Gasteiger partial charge in [-0.3, -0.25) is 0 Å². The zero-order chi connectivity index (χ0) is 57.0. The molecule has 2 N–H and O–H groups in total. The summed E-state index contributed by atoms with van der Waals surface area (Å²) >= 11 is 0. The second kappa shape index (κ2) is 51.8. The zero-order valence-corrected chi connectivity index (χ0v) is 52.2. The van der Waals surface area contributed by atoms with Crippen LogP contribution in [0, 0.1) is 0 Å². The van der Waals surface area contributed by atoms with Gasteiger partial charge in [0.05, 0.1) is 24.3 Å². The van der Waals surface area contributed by atoms with Gasteiger partial charge >= 0.3 is 11.9 Å². The Morgan fingerprint density at radius 2 is 0.481 bits per heavy atom. The molecule has 0 amide bonds. The summed E-state index contributed by atoms with van der Waals surface area (Å²) in [6.45, 7) is 5.00. The molecule has 8 nitrogen and oxygen atoms in total. The van der Waals surface area contributed by atoms with Crippen molar-refractivity contribution in [1.82, 2.24) is 0 Å². The molecule has 0 saturated carbocycles. The first-order valence-corrected chi connectivity index (χ1v) is 35.5. The van der Waals surface area contributed by atoms with E-state index in [1.807, 2.05) is 0 Å². The van der Waals surface area contributed by atoms with E-state index in [1.54, 1.807) is 0 Å². The molecular weight excluding hydrogens is 1000 g/mol. The Kier molecular flexibility index (Phi) is 47.2. The van der Waals surface area contributed by atoms with Gasteiger partial charge in [-0.05, 0) is 49.2 Å². The van der Waals surface area contributed by atoms with Gasteiger partial charge in [-0.15, -0.1) is 0 Å². The number of ether oxygens (including phenoxy) is 2. The molecule has 0 aliphatic heterocycles. The second-order valence-corrected chi connectivity index (χ2v) is 25.7. The summed E-state index contributed by atoms with van der Waals surface area (Å²) in [5.74, 6) is -2.55. The third-order valence-electron chi connectivity index (χ3n) is 16.4. The van der Waals surface area contributed by atoms with Crippen LogP contribution in [0.25, 0.3) is 0 Å². The van der Waals surface area contributed by atoms with Crippen molar-refractivity contribution in [2.24, 2.45) is 0 Å². The highest BCUT2D eigenvalue weighted by Gasteiger charge is 2.28. The molecule has 79 heavy (non-hydrogen) atoms. The molecule has 0 spiro atoms. The van der Waals surface area contributed by atoms with Crippen LogP contribution in [-0.2, 0) is 19.3 Å². The largest absolute Gasteiger partial charge is 0.507 e. The van der Waals surface area contributed by atoms with Crippen molar-refractivity contribution in [2.75, 3.05) is 13.2 Å². The van der Waals surface area contributed by atoms with E-state index in [-0.39, 0.29) is 24.3 Å². The molecule has 0 atom stereocenters. The zero-order valence-electron chi connectivity index (χ0n) is 51.4. The fourth-order valence-electron chi connectivity index (χ4n) is 11.2. The summed E-state index contributed by atoms with van der Waals surface area (Å²) < 4.78 is 38.5. The lowest BCUT2D eigenvalue weighted by Gasteiger charge is -2.12. The molecule has 0 aliphatic carbocycles. The first kappa shape index (κ1) is 72.0. The number of hydrogen-bond acceptors (Lipinski definition) is 8. The molecule has 0 heterocycles. The first-order chi connectivity index (χ1) is 38.7. The smallest absolute Gasteiger partial charge is 0.338 e. The SMILES string of the molecule is CCCCCCCCCCCCCCCCCCCCCCCCCCCCOC(=O)c1ccc(O)c(S(=O)(=O)c2cc(C(=O)OCCCCCCCCCCCCCCCCCCCCCCCCCCCC)ccc2O)c1. The number of carbonyl (C=O) groups is 2. The van der Waals surface area contributed by atoms with Gasteiger partial charge in [-0.25, -0.2) is 18.0 Å². The van der Waals surface area contributed by atoms with E-state index in [1.165, 1.54) is 295 Å². The standard InChI is InChI=1S/C70H122O8S/c1-3-5-7-9-11-13-15-17-19-21-23-25-27-29-31-33-35-37-39-41-43-45-47-49-51-53-59-77-69(73)63-55-57-65(71)67(61-63)79(75,76)68-62-64(56-58-66(68)72)70(74)78-60-54-52-50-48-46-44-42-40-38-36-34-32-30-28-26-24-22-20-18-16-14-12-10-8-6-4-2/h55-58,61-62,71-72H,3-54,59-60H2,1-2H3. The van der Waals surface area contributed by atoms with Crippen LogP contribution in [0.4, 0.5) is 0 Å². The maximum absolute atomic E-state index is 13.8. The maximum atomic E-state index is 13.8. The molecular formula is C70H122O8S. The number of sulfone groups is 1. The van der Waals surface area contributed by atoms with Gasteiger partial charge in [0.25, 0.3) is 0 Å². The van der Waals surface area contributed by atoms with E-state index in [0.29, 0.717) is 12.8 Å². The Labute approximate surface area is 486 Å². The average molecular weight is 1120 g/mol. The van der Waals surface area contributed by atoms with Gasteiger partial charge in [0.15, 0.2) is 0 Å². The number of phenols is 2. The third-order valence-corrected chi connectivity index (χ3v) is 18.2. The van der Waals surface area contributed by atoms with E-state index in [0.717, 1.165) is 62.8 Å². The van der Waals surface area contributed by atoms with Crippen molar-refractivity contribution >= 4 is 21.8 Å². The van der Waals surface area contributed by atoms with E-state index < -0.39 is 43.1 Å². The van der Waals surface area contributed by atoms with Crippen LogP contribution in [0.15, 0.2) is 46.2 Å². The molecule has 0 aliphatic rings. The van der Waals surface area contributed by atoms with Crippen molar-refractivity contribution < 1.29 is 37.7 Å². The fourth-order valence-corrected chi connectivity index (χ4v) is 12.7. The molecule has 9 heteroatoms. The summed E-state index contributed by atoms with van der Waals surface area (Å²) in [5.41, 5.74) is -0.0609. The minimum absolute atomic E-state index is 0.0304. The van der Waals surface area contributed by atoms with Crippen molar-refractivity contribution in [3.8, 4) is 11.5 Å². The maximum Gasteiger partial charge on any atom is 0.338 e. The topological polar surface area (TPSA) is 127 Å². The van der Waals surface area contributed by atoms with E-state index in [9.17, 15) is 28.2 Å². The number of benzene rings is 2. The molecule has 0 bridgehead atoms. The summed E-state index contributed by atoms with van der Waals surface area (Å²) in [4.78, 5) is 24.8. The highest BCUT2D eigenvalue weighted by Crippen LogP contribution is 2.35. The van der Waals surface area contributed by atoms with Crippen LogP contribution in [0.2, 0.25) is 0 Å². The predicted molar refractivity (Wildman–Crippen MR) is 334 cm³/mol. The van der Waals surface area contributed by atoms with Gasteiger partial charge in [0.2, 0.25) is 9.84 Å². The Hall–Kier alpha value is -3.07. The van der Waals surface area contributed by atoms with Crippen LogP contribution < -0.4 is 0 Å². The molecule has 2 aromatic rings. The Balaban J connectivity index is 1.47. The summed E-state index contributed by atoms with van der Waals surface area (Å²) in [6.07, 6.45) is 68.9. The molecule has 2 aromatic carbocycles. The lowest BCUT2D eigenvalue weighted by Crippen LogP contribution is -2.11. The lowest BCUT2D eigenvalue weighted by molar-refractivity contribution is 0.0488. The molecule has 456 valence electrons. The molecule has 0 aromatic heterocycles. The van der Waals surface area contributed by atoms with E-state index in [2.05, 4.69) is 13.8 Å². The monoisotopic (exact) mass is 1120 g/mol.